The van der Waals surface area contributed by atoms with E-state index < -0.39 is 0 Å². The van der Waals surface area contributed by atoms with Gasteiger partial charge in [0.05, 0.1) is 0 Å². The molecule has 3 rings (SSSR count). The highest BCUT2D eigenvalue weighted by Crippen LogP contribution is 2.47. The Morgan fingerprint density at radius 1 is 1.05 bits per heavy atom. The molecule has 2 saturated carbocycles. The Kier molecular flexibility index (Phi) is 4.81. The molecule has 3 fully saturated rings. The zero-order chi connectivity index (χ0) is 13.1. The van der Waals surface area contributed by atoms with E-state index in [1.54, 1.807) is 6.42 Å². The topological polar surface area (TPSA) is 15.3 Å². The van der Waals surface area contributed by atoms with Gasteiger partial charge in [0, 0.05) is 6.04 Å². The number of nitrogens with zero attached hydrogens (tertiary/aromatic N) is 1. The highest BCUT2D eigenvalue weighted by molar-refractivity contribution is 4.91. The lowest BCUT2D eigenvalue weighted by Crippen LogP contribution is -2.36. The van der Waals surface area contributed by atoms with Crippen LogP contribution in [0.15, 0.2) is 0 Å². The smallest absolute Gasteiger partial charge is 0.00798 e. The molecule has 0 radical (unpaired) electrons. The summed E-state index contributed by atoms with van der Waals surface area (Å²) in [4.78, 5) is 2.67. The molecule has 1 aliphatic heterocycles. The molecular weight excluding hydrogens is 232 g/mol. The Bertz CT molecular complexity index is 278. The van der Waals surface area contributed by atoms with Crippen molar-refractivity contribution in [2.24, 2.45) is 17.8 Å². The van der Waals surface area contributed by atoms with Crippen LogP contribution >= 0.6 is 0 Å². The van der Waals surface area contributed by atoms with Gasteiger partial charge in [-0.3, -0.25) is 0 Å². The largest absolute Gasteiger partial charge is 0.314 e. The molecule has 4 atom stereocenters. The molecule has 1 heterocycles. The van der Waals surface area contributed by atoms with Crippen molar-refractivity contribution in [3.8, 4) is 0 Å². The third-order valence-electron chi connectivity index (χ3n) is 5.91. The van der Waals surface area contributed by atoms with Gasteiger partial charge in [0.2, 0.25) is 0 Å². The molecule has 3 aliphatic rings. The number of fused-ring (bicyclic) bond motifs is 2. The van der Waals surface area contributed by atoms with Crippen LogP contribution in [0.25, 0.3) is 0 Å². The van der Waals surface area contributed by atoms with Crippen LogP contribution in [0, 0.1) is 17.8 Å². The van der Waals surface area contributed by atoms with Crippen molar-refractivity contribution in [2.75, 3.05) is 26.2 Å². The summed E-state index contributed by atoms with van der Waals surface area (Å²) >= 11 is 0. The van der Waals surface area contributed by atoms with Gasteiger partial charge in [-0.15, -0.1) is 0 Å². The van der Waals surface area contributed by atoms with Gasteiger partial charge in [0.15, 0.2) is 0 Å². The summed E-state index contributed by atoms with van der Waals surface area (Å²) in [6.07, 6.45) is 11.6. The van der Waals surface area contributed by atoms with E-state index in [1.165, 1.54) is 71.1 Å². The average molecular weight is 264 g/mol. The molecule has 2 aliphatic carbocycles. The van der Waals surface area contributed by atoms with Gasteiger partial charge in [0.1, 0.15) is 0 Å². The average Bonchev–Trinajstić information content (AvgIpc) is 2.96. The molecular formula is C17H32N2. The van der Waals surface area contributed by atoms with Crippen LogP contribution in [-0.4, -0.2) is 37.1 Å². The summed E-state index contributed by atoms with van der Waals surface area (Å²) in [5, 5.41) is 3.92. The molecule has 0 aromatic carbocycles. The fourth-order valence-electron chi connectivity index (χ4n) is 4.84. The van der Waals surface area contributed by atoms with Crippen molar-refractivity contribution in [3.63, 3.8) is 0 Å². The molecule has 0 aromatic rings. The van der Waals surface area contributed by atoms with E-state index in [4.69, 9.17) is 0 Å². The number of hydrogen-bond donors (Lipinski definition) is 1. The normalized spacial score (nSPS) is 39.6. The summed E-state index contributed by atoms with van der Waals surface area (Å²) in [6, 6.07) is 0.806. The summed E-state index contributed by atoms with van der Waals surface area (Å²) in [5.74, 6) is 3.21. The minimum Gasteiger partial charge on any atom is -0.314 e. The minimum absolute atomic E-state index is 0.806. The Morgan fingerprint density at radius 2 is 2.00 bits per heavy atom. The van der Waals surface area contributed by atoms with Gasteiger partial charge in [0.25, 0.3) is 0 Å². The van der Waals surface area contributed by atoms with Crippen LogP contribution < -0.4 is 5.32 Å². The van der Waals surface area contributed by atoms with Crippen LogP contribution in [0.5, 0.6) is 0 Å². The molecule has 0 amide bonds. The maximum Gasteiger partial charge on any atom is 0.00798 e. The maximum absolute atomic E-state index is 3.92. The Labute approximate surface area is 119 Å². The van der Waals surface area contributed by atoms with Gasteiger partial charge in [-0.05, 0) is 88.9 Å². The fourth-order valence-corrected chi connectivity index (χ4v) is 4.84. The zero-order valence-corrected chi connectivity index (χ0v) is 12.7. The van der Waals surface area contributed by atoms with Gasteiger partial charge in [-0.2, -0.15) is 0 Å². The highest BCUT2D eigenvalue weighted by atomic mass is 15.1. The molecule has 2 heteroatoms. The molecule has 4 unspecified atom stereocenters. The van der Waals surface area contributed by atoms with Crippen LogP contribution in [0.1, 0.15) is 58.3 Å². The SMILES string of the molecule is CCCN1CCCC(NCC2CC3CCC2C3)CC1. The van der Waals surface area contributed by atoms with Gasteiger partial charge in [-0.1, -0.05) is 13.3 Å². The van der Waals surface area contributed by atoms with Crippen LogP contribution in [0.2, 0.25) is 0 Å². The van der Waals surface area contributed by atoms with E-state index in [0.717, 1.165) is 23.8 Å². The monoisotopic (exact) mass is 264 g/mol. The number of likely N-dealkylation sites (tertiary alicyclic amines) is 1. The van der Waals surface area contributed by atoms with E-state index in [-0.39, 0.29) is 0 Å². The Morgan fingerprint density at radius 3 is 2.74 bits per heavy atom. The molecule has 2 bridgehead atoms. The molecule has 0 spiro atoms. The zero-order valence-electron chi connectivity index (χ0n) is 12.7. The molecule has 2 nitrogen and oxygen atoms in total. The van der Waals surface area contributed by atoms with Gasteiger partial charge < -0.3 is 10.2 Å². The standard InChI is InChI=1S/C17H32N2/c1-2-8-19-9-3-4-17(7-10-19)18-13-16-12-14-5-6-15(16)11-14/h14-18H,2-13H2,1H3. The summed E-state index contributed by atoms with van der Waals surface area (Å²) in [5.41, 5.74) is 0. The summed E-state index contributed by atoms with van der Waals surface area (Å²) in [6.45, 7) is 7.58. The first kappa shape index (κ1) is 13.9. The first-order valence-electron chi connectivity index (χ1n) is 8.81. The molecule has 1 saturated heterocycles. The van der Waals surface area contributed by atoms with Gasteiger partial charge in [-0.25, -0.2) is 0 Å². The van der Waals surface area contributed by atoms with Crippen molar-refractivity contribution in [1.29, 1.82) is 0 Å². The molecule has 110 valence electrons. The summed E-state index contributed by atoms with van der Waals surface area (Å²) < 4.78 is 0. The van der Waals surface area contributed by atoms with Gasteiger partial charge >= 0.3 is 0 Å². The van der Waals surface area contributed by atoms with Crippen molar-refractivity contribution in [1.82, 2.24) is 10.2 Å². The predicted molar refractivity (Wildman–Crippen MR) is 81.3 cm³/mol. The number of nitrogens with one attached hydrogen (secondary N) is 1. The lowest BCUT2D eigenvalue weighted by atomic mass is 9.88. The second-order valence-electron chi connectivity index (χ2n) is 7.31. The molecule has 19 heavy (non-hydrogen) atoms. The van der Waals surface area contributed by atoms with Crippen molar-refractivity contribution >= 4 is 0 Å². The van der Waals surface area contributed by atoms with Crippen LogP contribution in [0.4, 0.5) is 0 Å². The van der Waals surface area contributed by atoms with Crippen LogP contribution in [-0.2, 0) is 0 Å². The van der Waals surface area contributed by atoms with E-state index in [2.05, 4.69) is 17.1 Å². The van der Waals surface area contributed by atoms with E-state index in [9.17, 15) is 0 Å². The van der Waals surface area contributed by atoms with E-state index in [1.807, 2.05) is 0 Å². The second-order valence-corrected chi connectivity index (χ2v) is 7.31. The Hall–Kier alpha value is -0.0800. The summed E-state index contributed by atoms with van der Waals surface area (Å²) in [7, 11) is 0. The molecule has 0 aromatic heterocycles. The van der Waals surface area contributed by atoms with E-state index in [0.29, 0.717) is 0 Å². The fraction of sp³-hybridized carbons (Fsp3) is 1.00. The molecule has 1 N–H and O–H groups in total. The van der Waals surface area contributed by atoms with Crippen molar-refractivity contribution in [2.45, 2.75) is 64.3 Å². The van der Waals surface area contributed by atoms with Crippen LogP contribution in [0.3, 0.4) is 0 Å². The first-order valence-corrected chi connectivity index (χ1v) is 8.81. The second kappa shape index (κ2) is 6.58. The van der Waals surface area contributed by atoms with Crippen molar-refractivity contribution < 1.29 is 0 Å². The third-order valence-corrected chi connectivity index (χ3v) is 5.91. The number of hydrogen-bond acceptors (Lipinski definition) is 2. The lowest BCUT2D eigenvalue weighted by Gasteiger charge is -2.25. The Balaban J connectivity index is 1.38. The lowest BCUT2D eigenvalue weighted by molar-refractivity contribution is 0.276. The quantitative estimate of drug-likeness (QED) is 0.820. The minimum atomic E-state index is 0.806. The maximum atomic E-state index is 3.92. The first-order chi connectivity index (χ1) is 9.35. The third kappa shape index (κ3) is 3.52. The predicted octanol–water partition coefficient (Wildman–Crippen LogP) is 3.28. The van der Waals surface area contributed by atoms with E-state index >= 15 is 0 Å². The number of rotatable bonds is 5. The van der Waals surface area contributed by atoms with Crippen molar-refractivity contribution in [3.05, 3.63) is 0 Å². The highest BCUT2D eigenvalue weighted by Gasteiger charge is 2.39.